The lowest BCUT2D eigenvalue weighted by Crippen LogP contribution is -2.13. The van der Waals surface area contributed by atoms with Crippen molar-refractivity contribution in [3.8, 4) is 22.1 Å². The summed E-state index contributed by atoms with van der Waals surface area (Å²) in [5.41, 5.74) is 2.95. The highest BCUT2D eigenvalue weighted by molar-refractivity contribution is 7.13. The maximum atomic E-state index is 12.6. The quantitative estimate of drug-likeness (QED) is 0.665. The third kappa shape index (κ3) is 3.81. The maximum Gasteiger partial charge on any atom is 0.275 e. The van der Waals surface area contributed by atoms with Crippen LogP contribution in [0.4, 0.5) is 5.69 Å². The number of nitrogens with zero attached hydrogens (tertiary/aromatic N) is 1. The Hall–Kier alpha value is -2.57. The molecule has 1 heterocycles. The van der Waals surface area contributed by atoms with Crippen LogP contribution in [0.1, 0.15) is 16.1 Å². The van der Waals surface area contributed by atoms with E-state index in [9.17, 15) is 4.79 Å². The molecule has 1 amide bonds. The van der Waals surface area contributed by atoms with E-state index in [0.29, 0.717) is 27.9 Å². The Bertz CT molecular complexity index is 938. The van der Waals surface area contributed by atoms with Crippen molar-refractivity contribution in [3.05, 3.63) is 58.1 Å². The molecule has 0 spiro atoms. The van der Waals surface area contributed by atoms with Crippen LogP contribution in [0.15, 0.2) is 41.8 Å². The molecule has 3 rings (SSSR count). The number of benzene rings is 2. The number of nitrogens with one attached hydrogen (secondary N) is 1. The Labute approximate surface area is 160 Å². The highest BCUT2D eigenvalue weighted by Crippen LogP contribution is 2.36. The highest BCUT2D eigenvalue weighted by atomic mass is 35.5. The van der Waals surface area contributed by atoms with E-state index in [1.165, 1.54) is 31.1 Å². The van der Waals surface area contributed by atoms with Crippen LogP contribution in [-0.4, -0.2) is 25.1 Å². The van der Waals surface area contributed by atoms with E-state index in [0.717, 1.165) is 10.6 Å². The molecule has 2 aromatic carbocycles. The lowest BCUT2D eigenvalue weighted by atomic mass is 10.2. The van der Waals surface area contributed by atoms with Gasteiger partial charge in [-0.15, -0.1) is 11.3 Å². The zero-order valence-corrected chi connectivity index (χ0v) is 16.1. The molecule has 0 saturated heterocycles. The first kappa shape index (κ1) is 18.2. The number of hydrogen-bond acceptors (Lipinski definition) is 5. The van der Waals surface area contributed by atoms with Crippen LogP contribution in [0.5, 0.6) is 11.5 Å². The van der Waals surface area contributed by atoms with Crippen LogP contribution < -0.4 is 14.8 Å². The Morgan fingerprint density at radius 2 is 1.81 bits per heavy atom. The smallest absolute Gasteiger partial charge is 0.275 e. The third-order valence-corrected chi connectivity index (χ3v) is 4.94. The molecule has 0 aliphatic heterocycles. The van der Waals surface area contributed by atoms with Gasteiger partial charge in [-0.05, 0) is 6.92 Å². The van der Waals surface area contributed by atoms with Crippen LogP contribution >= 0.6 is 22.9 Å². The number of halogens is 1. The third-order valence-electron chi connectivity index (χ3n) is 3.76. The SMILES string of the molecule is COc1cc(NC(=O)c2csc(-c3ccc(C)cc3)n2)c(OC)cc1Cl. The number of aromatic nitrogens is 1. The van der Waals surface area contributed by atoms with Gasteiger partial charge in [-0.3, -0.25) is 4.79 Å². The summed E-state index contributed by atoms with van der Waals surface area (Å²) >= 11 is 7.51. The van der Waals surface area contributed by atoms with Crippen LogP contribution in [0.3, 0.4) is 0 Å². The first-order valence-electron chi connectivity index (χ1n) is 7.77. The monoisotopic (exact) mass is 388 g/mol. The predicted octanol–water partition coefficient (Wildman–Crippen LogP) is 5.04. The number of anilines is 1. The number of ether oxygens (including phenoxy) is 2. The van der Waals surface area contributed by atoms with Crippen molar-refractivity contribution in [2.24, 2.45) is 0 Å². The molecule has 26 heavy (non-hydrogen) atoms. The van der Waals surface area contributed by atoms with Crippen molar-refractivity contribution < 1.29 is 14.3 Å². The molecule has 0 fully saturated rings. The summed E-state index contributed by atoms with van der Waals surface area (Å²) in [5, 5.41) is 5.71. The molecule has 1 N–H and O–H groups in total. The van der Waals surface area contributed by atoms with Crippen LogP contribution in [-0.2, 0) is 0 Å². The van der Waals surface area contributed by atoms with E-state index in [4.69, 9.17) is 21.1 Å². The topological polar surface area (TPSA) is 60.5 Å². The van der Waals surface area contributed by atoms with Crippen molar-refractivity contribution >= 4 is 34.5 Å². The van der Waals surface area contributed by atoms with Crippen molar-refractivity contribution in [2.45, 2.75) is 6.92 Å². The molecule has 0 aliphatic carbocycles. The molecule has 1 aromatic heterocycles. The van der Waals surface area contributed by atoms with Crippen LogP contribution in [0.2, 0.25) is 5.02 Å². The second kappa shape index (κ2) is 7.76. The molecule has 5 nitrogen and oxygen atoms in total. The normalized spacial score (nSPS) is 10.5. The molecule has 134 valence electrons. The van der Waals surface area contributed by atoms with E-state index in [1.54, 1.807) is 17.5 Å². The lowest BCUT2D eigenvalue weighted by molar-refractivity contribution is 0.102. The Balaban J connectivity index is 1.84. The summed E-state index contributed by atoms with van der Waals surface area (Å²) in [7, 11) is 3.01. The van der Waals surface area contributed by atoms with Crippen molar-refractivity contribution in [1.29, 1.82) is 0 Å². The summed E-state index contributed by atoms with van der Waals surface area (Å²) < 4.78 is 10.5. The number of thiazole rings is 1. The number of aryl methyl sites for hydroxylation is 1. The minimum atomic E-state index is -0.331. The molecule has 0 radical (unpaired) electrons. The molecular formula is C19H17ClN2O3S. The first-order valence-corrected chi connectivity index (χ1v) is 9.03. The zero-order valence-electron chi connectivity index (χ0n) is 14.5. The number of hydrogen-bond donors (Lipinski definition) is 1. The van der Waals surface area contributed by atoms with Gasteiger partial charge in [0.25, 0.3) is 5.91 Å². The van der Waals surface area contributed by atoms with Gasteiger partial charge in [0.1, 0.15) is 22.2 Å². The number of methoxy groups -OCH3 is 2. The van der Waals surface area contributed by atoms with Crippen molar-refractivity contribution in [1.82, 2.24) is 4.98 Å². The number of carbonyl (C=O) groups is 1. The fourth-order valence-electron chi connectivity index (χ4n) is 2.35. The van der Waals surface area contributed by atoms with Gasteiger partial charge in [0.15, 0.2) is 0 Å². The van der Waals surface area contributed by atoms with Crippen molar-refractivity contribution in [2.75, 3.05) is 19.5 Å². The second-order valence-electron chi connectivity index (χ2n) is 5.55. The van der Waals surface area contributed by atoms with Crippen LogP contribution in [0.25, 0.3) is 10.6 Å². The minimum absolute atomic E-state index is 0.331. The van der Waals surface area contributed by atoms with Crippen LogP contribution in [0, 0.1) is 6.92 Å². The highest BCUT2D eigenvalue weighted by Gasteiger charge is 2.16. The van der Waals surface area contributed by atoms with Gasteiger partial charge in [-0.2, -0.15) is 0 Å². The van der Waals surface area contributed by atoms with Crippen molar-refractivity contribution in [3.63, 3.8) is 0 Å². The minimum Gasteiger partial charge on any atom is -0.495 e. The van der Waals surface area contributed by atoms with Gasteiger partial charge in [-0.25, -0.2) is 4.98 Å². The van der Waals surface area contributed by atoms with E-state index in [1.807, 2.05) is 31.2 Å². The van der Waals surface area contributed by atoms with Gasteiger partial charge in [0.05, 0.1) is 24.9 Å². The first-order chi connectivity index (χ1) is 12.5. The van der Waals surface area contributed by atoms with Gasteiger partial charge in [0.2, 0.25) is 0 Å². The Morgan fingerprint density at radius 3 is 2.46 bits per heavy atom. The summed E-state index contributed by atoms with van der Waals surface area (Å²) in [6.45, 7) is 2.03. The molecular weight excluding hydrogens is 372 g/mol. The second-order valence-corrected chi connectivity index (χ2v) is 6.81. The molecule has 0 saturated carbocycles. The largest absolute Gasteiger partial charge is 0.495 e. The molecule has 0 atom stereocenters. The molecule has 0 aliphatic rings. The van der Waals surface area contributed by atoms with E-state index in [2.05, 4.69) is 10.3 Å². The summed E-state index contributed by atoms with van der Waals surface area (Å²) in [6, 6.07) is 11.2. The number of carbonyl (C=O) groups excluding carboxylic acids is 1. The summed E-state index contributed by atoms with van der Waals surface area (Å²) in [4.78, 5) is 17.0. The van der Waals surface area contributed by atoms with Gasteiger partial charge in [-0.1, -0.05) is 41.4 Å². The van der Waals surface area contributed by atoms with E-state index in [-0.39, 0.29) is 5.91 Å². The molecule has 3 aromatic rings. The molecule has 0 unspecified atom stereocenters. The Morgan fingerprint density at radius 1 is 1.12 bits per heavy atom. The summed E-state index contributed by atoms with van der Waals surface area (Å²) in [6.07, 6.45) is 0. The Kier molecular flexibility index (Phi) is 5.44. The molecule has 0 bridgehead atoms. The summed E-state index contributed by atoms with van der Waals surface area (Å²) in [5.74, 6) is 0.557. The van der Waals surface area contributed by atoms with Gasteiger partial charge >= 0.3 is 0 Å². The predicted molar refractivity (Wildman–Crippen MR) is 105 cm³/mol. The fraction of sp³-hybridized carbons (Fsp3) is 0.158. The zero-order chi connectivity index (χ0) is 18.7. The lowest BCUT2D eigenvalue weighted by Gasteiger charge is -2.12. The fourth-order valence-corrected chi connectivity index (χ4v) is 3.39. The maximum absolute atomic E-state index is 12.6. The number of amides is 1. The molecule has 7 heteroatoms. The van der Waals surface area contributed by atoms with E-state index < -0.39 is 0 Å². The van der Waals surface area contributed by atoms with E-state index >= 15 is 0 Å². The van der Waals surface area contributed by atoms with Gasteiger partial charge < -0.3 is 14.8 Å². The average Bonchev–Trinajstić information content (AvgIpc) is 3.13. The van der Waals surface area contributed by atoms with Gasteiger partial charge in [0, 0.05) is 23.1 Å². The number of rotatable bonds is 5. The standard InChI is InChI=1S/C19H17ClN2O3S/c1-11-4-6-12(7-5-11)19-22-15(10-26-19)18(23)21-14-9-16(24-2)13(20)8-17(14)25-3/h4-10H,1-3H3,(H,21,23). The average molecular weight is 389 g/mol.